The number of benzene rings is 2. The van der Waals surface area contributed by atoms with Gasteiger partial charge in [-0.25, -0.2) is 4.98 Å². The van der Waals surface area contributed by atoms with E-state index in [9.17, 15) is 4.79 Å². The van der Waals surface area contributed by atoms with E-state index in [4.69, 9.17) is 15.8 Å². The van der Waals surface area contributed by atoms with Crippen molar-refractivity contribution in [3.63, 3.8) is 0 Å². The van der Waals surface area contributed by atoms with E-state index in [-0.39, 0.29) is 5.95 Å². The number of aromatic nitrogens is 4. The molecule has 2 aromatic carbocycles. The molecule has 0 unspecified atom stereocenters. The lowest BCUT2D eigenvalue weighted by Gasteiger charge is -2.42. The highest BCUT2D eigenvalue weighted by molar-refractivity contribution is 5.83. The Labute approximate surface area is 215 Å². The van der Waals surface area contributed by atoms with Crippen LogP contribution in [0.2, 0.25) is 0 Å². The summed E-state index contributed by atoms with van der Waals surface area (Å²) in [6.07, 6.45) is 5.05. The van der Waals surface area contributed by atoms with Gasteiger partial charge in [0.15, 0.2) is 5.82 Å². The first-order chi connectivity index (χ1) is 18.1. The highest BCUT2D eigenvalue weighted by atomic mass is 16.1. The molecule has 0 saturated carbocycles. The quantitative estimate of drug-likeness (QED) is 0.395. The minimum absolute atomic E-state index is 0.288. The first-order valence-corrected chi connectivity index (χ1v) is 13.1. The lowest BCUT2D eigenvalue weighted by Crippen LogP contribution is -2.40. The Morgan fingerprint density at radius 2 is 1.68 bits per heavy atom. The fraction of sp³-hybridized carbons (Fsp3) is 0.310. The van der Waals surface area contributed by atoms with Crippen LogP contribution < -0.4 is 16.0 Å². The number of nitrogens with two attached hydrogens (primary N) is 1. The molecule has 8 heteroatoms. The predicted octanol–water partition coefficient (Wildman–Crippen LogP) is 4.80. The van der Waals surface area contributed by atoms with E-state index in [2.05, 4.69) is 57.7 Å². The molecule has 186 valence electrons. The molecule has 37 heavy (non-hydrogen) atoms. The average Bonchev–Trinajstić information content (AvgIpc) is 3.20. The molecule has 8 nitrogen and oxygen atoms in total. The van der Waals surface area contributed by atoms with Gasteiger partial charge in [0.2, 0.25) is 11.9 Å². The van der Waals surface area contributed by atoms with Gasteiger partial charge in [-0.05, 0) is 60.6 Å². The summed E-state index contributed by atoms with van der Waals surface area (Å²) in [4.78, 5) is 23.9. The zero-order valence-corrected chi connectivity index (χ0v) is 20.7. The number of pyridine rings is 1. The van der Waals surface area contributed by atoms with Gasteiger partial charge in [0.1, 0.15) is 5.78 Å². The number of carbonyl (C=O) groups excluding carboxylic acids is 1. The van der Waals surface area contributed by atoms with Gasteiger partial charge in [-0.2, -0.15) is 9.67 Å². The number of rotatable bonds is 4. The third-order valence-corrected chi connectivity index (χ3v) is 7.95. The summed E-state index contributed by atoms with van der Waals surface area (Å²) >= 11 is 0. The summed E-state index contributed by atoms with van der Waals surface area (Å²) in [6.45, 7) is 2.15. The third-order valence-electron chi connectivity index (χ3n) is 7.95. The van der Waals surface area contributed by atoms with Crippen LogP contribution in [0.3, 0.4) is 0 Å². The normalized spacial score (nSPS) is 16.9. The van der Waals surface area contributed by atoms with E-state index in [1.165, 1.54) is 16.8 Å². The summed E-state index contributed by atoms with van der Waals surface area (Å²) in [5.41, 5.74) is 14.4. The SMILES string of the molecule is Nc1nc(Nc2ccc3c(c2)CCC(=O)CC3)nn1-c1cc(-c2ccccc2)c2c(n1)C1CCN2CC1. The first kappa shape index (κ1) is 22.0. The summed E-state index contributed by atoms with van der Waals surface area (Å²) < 4.78 is 1.63. The second kappa shape index (κ2) is 8.73. The molecule has 5 heterocycles. The van der Waals surface area contributed by atoms with Crippen LogP contribution in [0.4, 0.5) is 23.3 Å². The van der Waals surface area contributed by atoms with Crippen molar-refractivity contribution in [1.82, 2.24) is 19.7 Å². The Kier molecular flexibility index (Phi) is 5.20. The highest BCUT2D eigenvalue weighted by Gasteiger charge is 2.35. The minimum atomic E-state index is 0.288. The second-order valence-corrected chi connectivity index (χ2v) is 10.2. The molecule has 1 fully saturated rings. The summed E-state index contributed by atoms with van der Waals surface area (Å²) in [5.74, 6) is 2.18. The molecule has 4 aliphatic rings. The van der Waals surface area contributed by atoms with Crippen LogP contribution in [0, 0.1) is 0 Å². The van der Waals surface area contributed by atoms with E-state index in [1.54, 1.807) is 4.68 Å². The molecule has 4 aromatic rings. The van der Waals surface area contributed by atoms with Crippen molar-refractivity contribution in [3.05, 3.63) is 71.4 Å². The third kappa shape index (κ3) is 3.93. The zero-order valence-electron chi connectivity index (χ0n) is 20.7. The molecule has 8 rings (SSSR count). The molecular weight excluding hydrogens is 462 g/mol. The molecule has 1 aliphatic carbocycles. The van der Waals surface area contributed by atoms with Gasteiger partial charge in [-0.1, -0.05) is 36.4 Å². The molecular formula is C29H29N7O. The number of anilines is 4. The number of aryl methyl sites for hydroxylation is 2. The van der Waals surface area contributed by atoms with Gasteiger partial charge in [0, 0.05) is 43.1 Å². The van der Waals surface area contributed by atoms with Crippen molar-refractivity contribution in [1.29, 1.82) is 0 Å². The zero-order chi connectivity index (χ0) is 24.9. The summed E-state index contributed by atoms with van der Waals surface area (Å²) in [7, 11) is 0. The fourth-order valence-corrected chi connectivity index (χ4v) is 6.01. The van der Waals surface area contributed by atoms with Crippen molar-refractivity contribution < 1.29 is 4.79 Å². The molecule has 3 N–H and O–H groups in total. The van der Waals surface area contributed by atoms with E-state index in [1.807, 2.05) is 12.1 Å². The van der Waals surface area contributed by atoms with Crippen LogP contribution >= 0.6 is 0 Å². The van der Waals surface area contributed by atoms with E-state index in [0.717, 1.165) is 61.3 Å². The van der Waals surface area contributed by atoms with Crippen LogP contribution in [-0.4, -0.2) is 38.6 Å². The highest BCUT2D eigenvalue weighted by Crippen LogP contribution is 2.46. The van der Waals surface area contributed by atoms with Crippen LogP contribution in [0.15, 0.2) is 54.6 Å². The van der Waals surface area contributed by atoms with Crippen molar-refractivity contribution in [3.8, 4) is 16.9 Å². The van der Waals surface area contributed by atoms with Crippen LogP contribution in [0.1, 0.15) is 48.4 Å². The number of ketones is 1. The topological polar surface area (TPSA) is 102 Å². The first-order valence-electron chi connectivity index (χ1n) is 13.1. The van der Waals surface area contributed by atoms with Gasteiger partial charge < -0.3 is 16.0 Å². The van der Waals surface area contributed by atoms with E-state index in [0.29, 0.717) is 36.3 Å². The Morgan fingerprint density at radius 1 is 0.892 bits per heavy atom. The van der Waals surface area contributed by atoms with Crippen molar-refractivity contribution in [2.24, 2.45) is 0 Å². The number of nitrogens with one attached hydrogen (secondary N) is 1. The number of nitrogens with zero attached hydrogens (tertiary/aromatic N) is 5. The molecule has 0 radical (unpaired) electrons. The maximum absolute atomic E-state index is 11.9. The van der Waals surface area contributed by atoms with Crippen molar-refractivity contribution in [2.75, 3.05) is 29.0 Å². The maximum Gasteiger partial charge on any atom is 0.248 e. The lowest BCUT2D eigenvalue weighted by molar-refractivity contribution is -0.118. The van der Waals surface area contributed by atoms with Gasteiger partial charge in [-0.15, -0.1) is 5.10 Å². The number of hydrogen-bond donors (Lipinski definition) is 2. The van der Waals surface area contributed by atoms with Crippen LogP contribution in [0.5, 0.6) is 0 Å². The number of fused-ring (bicyclic) bond motifs is 3. The van der Waals surface area contributed by atoms with E-state index < -0.39 is 0 Å². The molecule has 0 atom stereocenters. The smallest absolute Gasteiger partial charge is 0.248 e. The number of piperidine rings is 1. The van der Waals surface area contributed by atoms with Crippen LogP contribution in [-0.2, 0) is 17.6 Å². The standard InChI is InChI=1S/C29H29N7O/c30-28-33-29(31-22-9-6-18-7-10-23(37)11-8-21(18)16-22)34-36(28)25-17-24(19-4-2-1-3-5-19)27-26(32-25)20-12-14-35(27)15-13-20/h1-6,9,16-17,20H,7-8,10-15H2,(H3,30,31,33,34). The van der Waals surface area contributed by atoms with Crippen LogP contribution in [0.25, 0.3) is 16.9 Å². The van der Waals surface area contributed by atoms with Gasteiger partial charge >= 0.3 is 0 Å². The average molecular weight is 492 g/mol. The van der Waals surface area contributed by atoms with Gasteiger partial charge in [0.05, 0.1) is 11.4 Å². The Balaban J connectivity index is 1.25. The minimum Gasteiger partial charge on any atom is -0.370 e. The van der Waals surface area contributed by atoms with Crippen molar-refractivity contribution in [2.45, 2.75) is 44.4 Å². The number of nitrogen functional groups attached to an aromatic ring is 1. The second-order valence-electron chi connectivity index (χ2n) is 10.2. The largest absolute Gasteiger partial charge is 0.370 e. The molecule has 3 aliphatic heterocycles. The Bertz CT molecular complexity index is 1500. The summed E-state index contributed by atoms with van der Waals surface area (Å²) in [5, 5.41) is 8.01. The molecule has 1 saturated heterocycles. The van der Waals surface area contributed by atoms with Gasteiger partial charge in [0.25, 0.3) is 0 Å². The number of carbonyl (C=O) groups is 1. The lowest BCUT2D eigenvalue weighted by atomic mass is 9.84. The Hall–Kier alpha value is -4.20. The molecule has 0 spiro atoms. The summed E-state index contributed by atoms with van der Waals surface area (Å²) in [6, 6.07) is 18.8. The van der Waals surface area contributed by atoms with Gasteiger partial charge in [-0.3, -0.25) is 4.79 Å². The molecule has 2 aromatic heterocycles. The van der Waals surface area contributed by atoms with Crippen molar-refractivity contribution >= 4 is 29.1 Å². The number of hydrogen-bond acceptors (Lipinski definition) is 7. The Morgan fingerprint density at radius 3 is 2.49 bits per heavy atom. The number of Topliss-reactive ketones (excluding diaryl/α,β-unsaturated/α-hetero) is 1. The monoisotopic (exact) mass is 491 g/mol. The van der Waals surface area contributed by atoms with E-state index >= 15 is 0 Å². The predicted molar refractivity (Wildman–Crippen MR) is 145 cm³/mol. The molecule has 2 bridgehead atoms. The maximum atomic E-state index is 11.9. The molecule has 0 amide bonds. The fourth-order valence-electron chi connectivity index (χ4n) is 6.01.